The van der Waals surface area contributed by atoms with E-state index in [4.69, 9.17) is 14.6 Å². The largest absolute Gasteiger partial charge is 0.486 e. The quantitative estimate of drug-likeness (QED) is 0.799. The van der Waals surface area contributed by atoms with Crippen LogP contribution in [0.15, 0.2) is 18.2 Å². The average Bonchev–Trinajstić information content (AvgIpc) is 3.28. The van der Waals surface area contributed by atoms with E-state index in [1.807, 2.05) is 0 Å². The third kappa shape index (κ3) is 2.85. The van der Waals surface area contributed by atoms with Crippen molar-refractivity contribution >= 4 is 23.5 Å². The summed E-state index contributed by atoms with van der Waals surface area (Å²) < 4.78 is 11.0. The normalized spacial score (nSPS) is 24.8. The van der Waals surface area contributed by atoms with Crippen LogP contribution in [0.4, 0.5) is 5.69 Å². The van der Waals surface area contributed by atoms with E-state index in [0.717, 1.165) is 0 Å². The van der Waals surface area contributed by atoms with E-state index in [1.165, 1.54) is 4.90 Å². The van der Waals surface area contributed by atoms with Crippen molar-refractivity contribution in [2.75, 3.05) is 37.7 Å². The monoisotopic (exact) mass is 360 g/mol. The van der Waals surface area contributed by atoms with Gasteiger partial charge in [-0.2, -0.15) is 0 Å². The molecule has 2 fully saturated rings. The van der Waals surface area contributed by atoms with Gasteiger partial charge in [-0.3, -0.25) is 14.4 Å². The zero-order valence-corrected chi connectivity index (χ0v) is 14.2. The number of likely N-dealkylation sites (tertiary alicyclic amines) is 1. The topological polar surface area (TPSA) is 96.4 Å². The molecule has 1 N–H and O–H groups in total. The van der Waals surface area contributed by atoms with Crippen molar-refractivity contribution in [1.29, 1.82) is 0 Å². The van der Waals surface area contributed by atoms with E-state index in [0.29, 0.717) is 56.3 Å². The van der Waals surface area contributed by atoms with Crippen LogP contribution in [0, 0.1) is 11.8 Å². The number of ether oxygens (including phenoxy) is 2. The molecule has 2 amide bonds. The maximum atomic E-state index is 12.8. The fraction of sp³-hybridized carbons (Fsp3) is 0.500. The van der Waals surface area contributed by atoms with Gasteiger partial charge in [-0.05, 0) is 25.0 Å². The second-order valence-corrected chi connectivity index (χ2v) is 6.77. The molecule has 0 saturated carbocycles. The van der Waals surface area contributed by atoms with Crippen molar-refractivity contribution in [2.24, 2.45) is 11.8 Å². The van der Waals surface area contributed by atoms with Crippen LogP contribution in [0.2, 0.25) is 0 Å². The number of rotatable bonds is 3. The number of hydrogen-bond acceptors (Lipinski definition) is 5. The zero-order valence-electron chi connectivity index (χ0n) is 14.2. The first-order chi connectivity index (χ1) is 12.5. The summed E-state index contributed by atoms with van der Waals surface area (Å²) in [6, 6.07) is 5.31. The van der Waals surface area contributed by atoms with Crippen LogP contribution in [0.5, 0.6) is 11.5 Å². The van der Waals surface area contributed by atoms with Crippen LogP contribution in [0.25, 0.3) is 0 Å². The number of nitrogens with zero attached hydrogens (tertiary/aromatic N) is 2. The summed E-state index contributed by atoms with van der Waals surface area (Å²) >= 11 is 0. The minimum Gasteiger partial charge on any atom is -0.486 e. The van der Waals surface area contributed by atoms with Crippen LogP contribution in [0.3, 0.4) is 0 Å². The van der Waals surface area contributed by atoms with Crippen molar-refractivity contribution in [3.8, 4) is 11.5 Å². The molecule has 0 spiro atoms. The molecule has 3 aliphatic rings. The molecule has 0 radical (unpaired) electrons. The summed E-state index contributed by atoms with van der Waals surface area (Å²) in [5.74, 6) is -1.43. The number of hydrogen-bond donors (Lipinski definition) is 1. The second kappa shape index (κ2) is 6.51. The Morgan fingerprint density at radius 3 is 2.58 bits per heavy atom. The maximum Gasteiger partial charge on any atom is 0.308 e. The molecular weight excluding hydrogens is 340 g/mol. The first kappa shape index (κ1) is 16.7. The number of carbonyl (C=O) groups is 3. The summed E-state index contributed by atoms with van der Waals surface area (Å²) in [5, 5.41) is 9.08. The number of aliphatic carboxylic acids is 1. The van der Waals surface area contributed by atoms with E-state index < -0.39 is 17.8 Å². The van der Waals surface area contributed by atoms with E-state index in [1.54, 1.807) is 23.1 Å². The highest BCUT2D eigenvalue weighted by Gasteiger charge is 2.42. The van der Waals surface area contributed by atoms with E-state index in [9.17, 15) is 14.4 Å². The van der Waals surface area contributed by atoms with Gasteiger partial charge in [-0.15, -0.1) is 0 Å². The van der Waals surface area contributed by atoms with Gasteiger partial charge in [0.25, 0.3) is 0 Å². The molecule has 0 aliphatic carbocycles. The van der Waals surface area contributed by atoms with Gasteiger partial charge in [0.15, 0.2) is 11.5 Å². The Morgan fingerprint density at radius 1 is 1.08 bits per heavy atom. The summed E-state index contributed by atoms with van der Waals surface area (Å²) in [6.07, 6.45) is 0.869. The SMILES string of the molecule is O=C(O)[C@@H]1CCN(C(=O)[C@H]2CCN(c3ccc4c(c3)OCCO4)C2=O)C1. The van der Waals surface area contributed by atoms with Crippen molar-refractivity contribution in [1.82, 2.24) is 4.90 Å². The van der Waals surface area contributed by atoms with E-state index >= 15 is 0 Å². The van der Waals surface area contributed by atoms with Gasteiger partial charge in [-0.25, -0.2) is 0 Å². The predicted octanol–water partition coefficient (Wildman–Crippen LogP) is 0.744. The third-order valence-corrected chi connectivity index (χ3v) is 5.19. The highest BCUT2D eigenvalue weighted by atomic mass is 16.6. The Hall–Kier alpha value is -2.77. The van der Waals surface area contributed by atoms with Crippen LogP contribution < -0.4 is 14.4 Å². The number of benzene rings is 1. The number of carboxylic acids is 1. The third-order valence-electron chi connectivity index (χ3n) is 5.19. The van der Waals surface area contributed by atoms with E-state index in [2.05, 4.69) is 0 Å². The lowest BCUT2D eigenvalue weighted by atomic mass is 10.1. The molecule has 0 aromatic heterocycles. The van der Waals surface area contributed by atoms with Gasteiger partial charge in [-0.1, -0.05) is 0 Å². The van der Waals surface area contributed by atoms with E-state index in [-0.39, 0.29) is 18.4 Å². The molecule has 8 heteroatoms. The molecule has 0 unspecified atom stereocenters. The minimum absolute atomic E-state index is 0.183. The summed E-state index contributed by atoms with van der Waals surface area (Å²) in [5.41, 5.74) is 0.680. The first-order valence-electron chi connectivity index (χ1n) is 8.77. The molecule has 1 aromatic rings. The second-order valence-electron chi connectivity index (χ2n) is 6.77. The molecule has 4 rings (SSSR count). The van der Waals surface area contributed by atoms with Gasteiger partial charge in [0, 0.05) is 31.4 Å². The molecule has 26 heavy (non-hydrogen) atoms. The number of carbonyl (C=O) groups excluding carboxylic acids is 2. The van der Waals surface area contributed by atoms with Crippen molar-refractivity contribution < 1.29 is 29.0 Å². The van der Waals surface area contributed by atoms with Crippen LogP contribution in [-0.2, 0) is 14.4 Å². The van der Waals surface area contributed by atoms with Crippen molar-refractivity contribution in [2.45, 2.75) is 12.8 Å². The van der Waals surface area contributed by atoms with Crippen LogP contribution >= 0.6 is 0 Å². The van der Waals surface area contributed by atoms with Crippen LogP contribution in [-0.4, -0.2) is 60.6 Å². The zero-order chi connectivity index (χ0) is 18.3. The van der Waals surface area contributed by atoms with Crippen molar-refractivity contribution in [3.05, 3.63) is 18.2 Å². The highest BCUT2D eigenvalue weighted by molar-refractivity contribution is 6.09. The number of anilines is 1. The van der Waals surface area contributed by atoms with Crippen LogP contribution in [0.1, 0.15) is 12.8 Å². The average molecular weight is 360 g/mol. The summed E-state index contributed by atoms with van der Waals surface area (Å²) in [4.78, 5) is 39.6. The molecule has 1 aromatic carbocycles. The molecule has 3 heterocycles. The molecule has 8 nitrogen and oxygen atoms in total. The first-order valence-corrected chi connectivity index (χ1v) is 8.77. The standard InChI is InChI=1S/C18H20N2O6/c21-16(19-5-3-11(10-19)18(23)24)13-4-6-20(17(13)22)12-1-2-14-15(9-12)26-8-7-25-14/h1-2,9,11,13H,3-8,10H2,(H,23,24)/t11-,13-/m1/s1. The highest BCUT2D eigenvalue weighted by Crippen LogP contribution is 2.36. The minimum atomic E-state index is -0.893. The Morgan fingerprint density at radius 2 is 1.85 bits per heavy atom. The molecular formula is C18H20N2O6. The number of fused-ring (bicyclic) bond motifs is 1. The number of amides is 2. The molecule has 2 saturated heterocycles. The lowest BCUT2D eigenvalue weighted by molar-refractivity contribution is -0.142. The molecule has 138 valence electrons. The van der Waals surface area contributed by atoms with Gasteiger partial charge in [0.1, 0.15) is 19.1 Å². The van der Waals surface area contributed by atoms with Gasteiger partial charge < -0.3 is 24.4 Å². The fourth-order valence-electron chi connectivity index (χ4n) is 3.75. The molecule has 2 atom stereocenters. The smallest absolute Gasteiger partial charge is 0.308 e. The maximum absolute atomic E-state index is 12.8. The Labute approximate surface area is 150 Å². The summed E-state index contributed by atoms with van der Waals surface area (Å²) in [6.45, 7) is 1.99. The number of carboxylic acid groups (broad SMARTS) is 1. The Kier molecular flexibility index (Phi) is 4.18. The van der Waals surface area contributed by atoms with Gasteiger partial charge in [0.05, 0.1) is 5.92 Å². The Balaban J connectivity index is 1.46. The fourth-order valence-corrected chi connectivity index (χ4v) is 3.75. The lowest BCUT2D eigenvalue weighted by Crippen LogP contribution is -2.39. The van der Waals surface area contributed by atoms with Gasteiger partial charge in [0.2, 0.25) is 11.8 Å². The van der Waals surface area contributed by atoms with Gasteiger partial charge >= 0.3 is 5.97 Å². The predicted molar refractivity (Wildman–Crippen MR) is 90.2 cm³/mol. The lowest BCUT2D eigenvalue weighted by Gasteiger charge is -2.23. The summed E-state index contributed by atoms with van der Waals surface area (Å²) in [7, 11) is 0. The van der Waals surface area contributed by atoms with Crippen molar-refractivity contribution in [3.63, 3.8) is 0 Å². The Bertz CT molecular complexity index is 764. The molecule has 0 bridgehead atoms. The molecule has 3 aliphatic heterocycles.